The van der Waals surface area contributed by atoms with Gasteiger partial charge in [0.1, 0.15) is 0 Å². The van der Waals surface area contributed by atoms with Gasteiger partial charge >= 0.3 is 0 Å². The van der Waals surface area contributed by atoms with E-state index in [2.05, 4.69) is 10.3 Å². The maximum Gasteiger partial charge on any atom is 0.262 e. The standard InChI is InChI=1S/C21H23N3O2S/c1-13(2)24-20(26)17-7-5-6-8-18(17)23-21(24)27-15(4)19(25)22-16-11-9-14(3)10-12-16/h5-13,15H,1-4H3,(H,22,25). The summed E-state index contributed by atoms with van der Waals surface area (Å²) in [4.78, 5) is 30.1. The maximum atomic E-state index is 12.9. The Bertz CT molecular complexity index is 1030. The summed E-state index contributed by atoms with van der Waals surface area (Å²) in [6.45, 7) is 7.71. The average Bonchev–Trinajstić information content (AvgIpc) is 2.63. The number of hydrogen-bond acceptors (Lipinski definition) is 4. The van der Waals surface area contributed by atoms with Crippen molar-refractivity contribution >= 4 is 34.3 Å². The largest absolute Gasteiger partial charge is 0.325 e. The monoisotopic (exact) mass is 381 g/mol. The number of nitrogens with one attached hydrogen (secondary N) is 1. The first-order chi connectivity index (χ1) is 12.9. The Labute approximate surface area is 162 Å². The highest BCUT2D eigenvalue weighted by Gasteiger charge is 2.20. The number of nitrogens with zero attached hydrogens (tertiary/aromatic N) is 2. The second-order valence-corrected chi connectivity index (χ2v) is 8.10. The molecule has 0 aliphatic heterocycles. The minimum atomic E-state index is -0.399. The SMILES string of the molecule is Cc1ccc(NC(=O)C(C)Sc2nc3ccccc3c(=O)n2C(C)C)cc1. The summed E-state index contributed by atoms with van der Waals surface area (Å²) < 4.78 is 1.66. The Kier molecular flexibility index (Phi) is 5.65. The van der Waals surface area contributed by atoms with E-state index in [0.29, 0.717) is 16.1 Å². The number of rotatable bonds is 5. The molecule has 0 saturated carbocycles. The maximum absolute atomic E-state index is 12.9. The zero-order valence-corrected chi connectivity index (χ0v) is 16.7. The van der Waals surface area contributed by atoms with Crippen LogP contribution in [-0.4, -0.2) is 20.7 Å². The van der Waals surface area contributed by atoms with Gasteiger partial charge in [-0.25, -0.2) is 4.98 Å². The number of hydrogen-bond donors (Lipinski definition) is 1. The third kappa shape index (κ3) is 4.22. The van der Waals surface area contributed by atoms with Crippen molar-refractivity contribution in [2.75, 3.05) is 5.32 Å². The zero-order valence-electron chi connectivity index (χ0n) is 15.9. The van der Waals surface area contributed by atoms with Crippen LogP contribution in [0.5, 0.6) is 0 Å². The molecule has 27 heavy (non-hydrogen) atoms. The van der Waals surface area contributed by atoms with Crippen molar-refractivity contribution in [1.82, 2.24) is 9.55 Å². The van der Waals surface area contributed by atoms with Gasteiger partial charge in [-0.2, -0.15) is 0 Å². The number of aromatic nitrogens is 2. The highest BCUT2D eigenvalue weighted by atomic mass is 32.2. The molecule has 140 valence electrons. The van der Waals surface area contributed by atoms with Gasteiger partial charge in [-0.15, -0.1) is 0 Å². The molecule has 0 aliphatic carbocycles. The molecule has 0 fully saturated rings. The van der Waals surface area contributed by atoms with Gasteiger partial charge in [-0.05, 0) is 52.0 Å². The van der Waals surface area contributed by atoms with Gasteiger partial charge in [-0.3, -0.25) is 14.2 Å². The Morgan fingerprint density at radius 1 is 1.07 bits per heavy atom. The van der Waals surface area contributed by atoms with Crippen LogP contribution >= 0.6 is 11.8 Å². The predicted molar refractivity (Wildman–Crippen MR) is 112 cm³/mol. The van der Waals surface area contributed by atoms with Crippen LogP contribution in [-0.2, 0) is 4.79 Å². The lowest BCUT2D eigenvalue weighted by Crippen LogP contribution is -2.28. The van der Waals surface area contributed by atoms with E-state index in [0.717, 1.165) is 11.3 Å². The van der Waals surface area contributed by atoms with E-state index >= 15 is 0 Å². The molecule has 1 N–H and O–H groups in total. The number of amides is 1. The van der Waals surface area contributed by atoms with E-state index < -0.39 is 5.25 Å². The summed E-state index contributed by atoms with van der Waals surface area (Å²) >= 11 is 1.30. The van der Waals surface area contributed by atoms with Crippen molar-refractivity contribution in [2.24, 2.45) is 0 Å². The normalized spacial score (nSPS) is 12.3. The Hall–Kier alpha value is -2.60. The summed E-state index contributed by atoms with van der Waals surface area (Å²) in [6.07, 6.45) is 0. The summed E-state index contributed by atoms with van der Waals surface area (Å²) in [5.41, 5.74) is 2.46. The second-order valence-electron chi connectivity index (χ2n) is 6.80. The van der Waals surface area contributed by atoms with Gasteiger partial charge in [-0.1, -0.05) is 41.6 Å². The molecular formula is C21H23N3O2S. The molecule has 3 rings (SSSR count). The molecule has 1 unspecified atom stereocenters. The molecule has 2 aromatic carbocycles. The van der Waals surface area contributed by atoms with Crippen molar-refractivity contribution < 1.29 is 4.79 Å². The molecular weight excluding hydrogens is 358 g/mol. The van der Waals surface area contributed by atoms with E-state index in [4.69, 9.17) is 0 Å². The lowest BCUT2D eigenvalue weighted by molar-refractivity contribution is -0.115. The van der Waals surface area contributed by atoms with Crippen LogP contribution in [0.4, 0.5) is 5.69 Å². The molecule has 1 amide bonds. The summed E-state index contributed by atoms with van der Waals surface area (Å²) in [7, 11) is 0. The molecule has 0 spiro atoms. The molecule has 1 aromatic heterocycles. The van der Waals surface area contributed by atoms with Crippen LogP contribution in [0.1, 0.15) is 32.4 Å². The third-order valence-electron chi connectivity index (χ3n) is 4.26. The Morgan fingerprint density at radius 3 is 2.41 bits per heavy atom. The summed E-state index contributed by atoms with van der Waals surface area (Å²) in [6, 6.07) is 14.9. The van der Waals surface area contributed by atoms with Gasteiger partial charge in [0.2, 0.25) is 5.91 Å². The predicted octanol–water partition coefficient (Wildman–Crippen LogP) is 4.41. The summed E-state index contributed by atoms with van der Waals surface area (Å²) in [5.74, 6) is -0.124. The van der Waals surface area contributed by atoms with Crippen LogP contribution in [0.15, 0.2) is 58.5 Å². The smallest absolute Gasteiger partial charge is 0.262 e. The zero-order chi connectivity index (χ0) is 19.6. The number of aryl methyl sites for hydroxylation is 1. The van der Waals surface area contributed by atoms with Crippen LogP contribution in [0.2, 0.25) is 0 Å². The van der Waals surface area contributed by atoms with Crippen LogP contribution in [0, 0.1) is 6.92 Å². The Balaban J connectivity index is 1.88. The van der Waals surface area contributed by atoms with E-state index in [1.54, 1.807) is 10.6 Å². The summed E-state index contributed by atoms with van der Waals surface area (Å²) in [5, 5.41) is 3.66. The number of anilines is 1. The van der Waals surface area contributed by atoms with Crippen LogP contribution in [0.25, 0.3) is 10.9 Å². The first-order valence-corrected chi connectivity index (χ1v) is 9.80. The molecule has 0 radical (unpaired) electrons. The van der Waals surface area contributed by atoms with Crippen molar-refractivity contribution in [3.05, 3.63) is 64.4 Å². The van der Waals surface area contributed by atoms with Gasteiger partial charge < -0.3 is 5.32 Å². The second kappa shape index (κ2) is 7.96. The molecule has 1 atom stereocenters. The molecule has 5 nitrogen and oxygen atoms in total. The number of benzene rings is 2. The molecule has 0 aliphatic rings. The fraction of sp³-hybridized carbons (Fsp3) is 0.286. The topological polar surface area (TPSA) is 64.0 Å². The molecule has 3 aromatic rings. The van der Waals surface area contributed by atoms with E-state index in [1.165, 1.54) is 11.8 Å². The van der Waals surface area contributed by atoms with E-state index in [1.807, 2.05) is 70.2 Å². The quantitative estimate of drug-likeness (QED) is 0.525. The highest BCUT2D eigenvalue weighted by molar-refractivity contribution is 8.00. The molecule has 6 heteroatoms. The average molecular weight is 382 g/mol. The fourth-order valence-electron chi connectivity index (χ4n) is 2.76. The number of carbonyl (C=O) groups excluding carboxylic acids is 1. The first-order valence-electron chi connectivity index (χ1n) is 8.92. The number of fused-ring (bicyclic) bond motifs is 1. The van der Waals surface area contributed by atoms with Crippen molar-refractivity contribution in [3.8, 4) is 0 Å². The minimum Gasteiger partial charge on any atom is -0.325 e. The molecule has 0 bridgehead atoms. The van der Waals surface area contributed by atoms with Crippen molar-refractivity contribution in [2.45, 2.75) is 44.1 Å². The number of thioether (sulfide) groups is 1. The first kappa shape index (κ1) is 19.2. The lowest BCUT2D eigenvalue weighted by atomic mass is 10.2. The van der Waals surface area contributed by atoms with Crippen molar-refractivity contribution in [3.63, 3.8) is 0 Å². The van der Waals surface area contributed by atoms with E-state index in [-0.39, 0.29) is 17.5 Å². The molecule has 1 heterocycles. The van der Waals surface area contributed by atoms with Crippen LogP contribution < -0.4 is 10.9 Å². The number of para-hydroxylation sites is 1. The van der Waals surface area contributed by atoms with Gasteiger partial charge in [0.05, 0.1) is 16.2 Å². The Morgan fingerprint density at radius 2 is 1.74 bits per heavy atom. The minimum absolute atomic E-state index is 0.0514. The van der Waals surface area contributed by atoms with Gasteiger partial charge in [0.25, 0.3) is 5.56 Å². The lowest BCUT2D eigenvalue weighted by Gasteiger charge is -2.18. The third-order valence-corrected chi connectivity index (χ3v) is 5.33. The van der Waals surface area contributed by atoms with Gasteiger partial charge in [0, 0.05) is 11.7 Å². The van der Waals surface area contributed by atoms with E-state index in [9.17, 15) is 9.59 Å². The van der Waals surface area contributed by atoms with Crippen LogP contribution in [0.3, 0.4) is 0 Å². The highest BCUT2D eigenvalue weighted by Crippen LogP contribution is 2.25. The molecule has 0 saturated heterocycles. The van der Waals surface area contributed by atoms with Crippen molar-refractivity contribution in [1.29, 1.82) is 0 Å². The van der Waals surface area contributed by atoms with Gasteiger partial charge in [0.15, 0.2) is 5.16 Å². The fourth-order valence-corrected chi connectivity index (χ4v) is 3.80. The number of carbonyl (C=O) groups is 1.